The Balaban J connectivity index is 1.67. The molecule has 0 fully saturated rings. The third-order valence-electron chi connectivity index (χ3n) is 5.39. The number of carbonyl (C=O) groups is 1. The van der Waals surface area contributed by atoms with Crippen molar-refractivity contribution in [2.45, 2.75) is 25.3 Å². The Morgan fingerprint density at radius 2 is 1.73 bits per heavy atom. The van der Waals surface area contributed by atoms with Gasteiger partial charge in [-0.3, -0.25) is 10.1 Å². The van der Waals surface area contributed by atoms with Crippen molar-refractivity contribution in [3.8, 4) is 0 Å². The molecule has 1 heterocycles. The molecule has 4 rings (SSSR count). The topological polar surface area (TPSA) is 54.3 Å². The van der Waals surface area contributed by atoms with E-state index in [9.17, 15) is 23.1 Å². The normalized spacial score (nSPS) is 12.7. The number of aliphatic carboxylic acids is 1. The van der Waals surface area contributed by atoms with Crippen LogP contribution in [0.2, 0.25) is 5.02 Å². The summed E-state index contributed by atoms with van der Waals surface area (Å²) in [5, 5.41) is 14.0. The van der Waals surface area contributed by atoms with Crippen LogP contribution in [-0.4, -0.2) is 15.6 Å². The fourth-order valence-corrected chi connectivity index (χ4v) is 4.02. The minimum absolute atomic E-state index is 0.0488. The number of nitrogens with zero attached hydrogens (tertiary/aromatic N) is 1. The maximum Gasteiger partial charge on any atom is 0.416 e. The van der Waals surface area contributed by atoms with E-state index in [1.54, 1.807) is 18.3 Å². The minimum Gasteiger partial charge on any atom is -0.480 e. The second-order valence-corrected chi connectivity index (χ2v) is 8.15. The van der Waals surface area contributed by atoms with Crippen molar-refractivity contribution in [1.82, 2.24) is 9.88 Å². The number of hydrogen-bond acceptors (Lipinski definition) is 2. The first-order valence-corrected chi connectivity index (χ1v) is 10.5. The lowest BCUT2D eigenvalue weighted by Crippen LogP contribution is -2.28. The van der Waals surface area contributed by atoms with Crippen molar-refractivity contribution in [1.29, 1.82) is 0 Å². The molecule has 0 aliphatic carbocycles. The molecule has 33 heavy (non-hydrogen) atoms. The number of aromatic nitrogens is 1. The van der Waals surface area contributed by atoms with Crippen LogP contribution in [0.3, 0.4) is 0 Å². The van der Waals surface area contributed by atoms with Crippen LogP contribution in [0.1, 0.15) is 28.3 Å². The molecular formula is C25H20ClF3N2O2. The van der Waals surface area contributed by atoms with E-state index in [4.69, 9.17) is 11.6 Å². The number of carboxylic acids is 1. The van der Waals surface area contributed by atoms with Crippen LogP contribution in [0, 0.1) is 0 Å². The maximum absolute atomic E-state index is 13.0. The van der Waals surface area contributed by atoms with Gasteiger partial charge in [-0.15, -0.1) is 0 Å². The minimum atomic E-state index is -4.47. The van der Waals surface area contributed by atoms with Gasteiger partial charge in [-0.25, -0.2) is 0 Å². The molecule has 8 heteroatoms. The Morgan fingerprint density at radius 3 is 2.42 bits per heavy atom. The fraction of sp³-hybridized carbons (Fsp3) is 0.160. The summed E-state index contributed by atoms with van der Waals surface area (Å²) in [4.78, 5) is 12.2. The number of rotatable bonds is 7. The number of hydrogen-bond donors (Lipinski definition) is 2. The van der Waals surface area contributed by atoms with Crippen LogP contribution < -0.4 is 5.32 Å². The third-order valence-corrected chi connectivity index (χ3v) is 5.63. The average molecular weight is 473 g/mol. The molecule has 1 unspecified atom stereocenters. The monoisotopic (exact) mass is 472 g/mol. The summed E-state index contributed by atoms with van der Waals surface area (Å²) >= 11 is 6.19. The lowest BCUT2D eigenvalue weighted by molar-refractivity contribution is -0.140. The van der Waals surface area contributed by atoms with Crippen molar-refractivity contribution in [2.24, 2.45) is 0 Å². The van der Waals surface area contributed by atoms with Crippen molar-refractivity contribution >= 4 is 28.5 Å². The molecule has 170 valence electrons. The summed E-state index contributed by atoms with van der Waals surface area (Å²) in [6.45, 7) is 0.478. The zero-order valence-corrected chi connectivity index (χ0v) is 18.1. The summed E-state index contributed by atoms with van der Waals surface area (Å²) in [5.41, 5.74) is 1.90. The molecule has 0 spiro atoms. The van der Waals surface area contributed by atoms with E-state index in [1.165, 1.54) is 12.1 Å². The molecule has 3 aromatic carbocycles. The van der Waals surface area contributed by atoms with Gasteiger partial charge in [-0.05, 0) is 35.4 Å². The first-order valence-electron chi connectivity index (χ1n) is 10.2. The average Bonchev–Trinajstić information content (AvgIpc) is 3.11. The van der Waals surface area contributed by atoms with Gasteiger partial charge in [-0.1, -0.05) is 60.1 Å². The van der Waals surface area contributed by atoms with Gasteiger partial charge < -0.3 is 9.67 Å². The van der Waals surface area contributed by atoms with Gasteiger partial charge in [0.1, 0.15) is 6.04 Å². The Hall–Kier alpha value is -3.29. The predicted molar refractivity (Wildman–Crippen MR) is 121 cm³/mol. The lowest BCUT2D eigenvalue weighted by atomic mass is 10.0. The highest BCUT2D eigenvalue weighted by Crippen LogP contribution is 2.32. The molecule has 4 aromatic rings. The standard InChI is InChI=1S/C25H20ClF3N2O2/c26-19-9-10-22-20(12-19)21(15-31(22)14-16-5-2-1-3-6-16)23(24(32)33)30-13-17-7-4-8-18(11-17)25(27,28)29/h1-12,15,23,30H,13-14H2,(H,32,33). The van der Waals surface area contributed by atoms with E-state index in [2.05, 4.69) is 5.32 Å². The number of alkyl halides is 3. The number of halogens is 4. The molecule has 0 radical (unpaired) electrons. The molecule has 0 saturated carbocycles. The summed E-state index contributed by atoms with van der Waals surface area (Å²) in [5.74, 6) is -1.14. The molecule has 1 atom stereocenters. The molecular weight excluding hydrogens is 453 g/mol. The van der Waals surface area contributed by atoms with Gasteiger partial charge >= 0.3 is 12.1 Å². The van der Waals surface area contributed by atoms with E-state index in [-0.39, 0.29) is 6.54 Å². The van der Waals surface area contributed by atoms with Gasteiger partial charge in [-0.2, -0.15) is 13.2 Å². The first kappa shape index (κ1) is 22.9. The summed E-state index contributed by atoms with van der Waals surface area (Å²) < 4.78 is 41.0. The Bertz CT molecular complexity index is 1290. The van der Waals surface area contributed by atoms with Crippen LogP contribution in [0.5, 0.6) is 0 Å². The Labute approximate surface area is 193 Å². The van der Waals surface area contributed by atoms with Gasteiger partial charge in [0.2, 0.25) is 0 Å². The third kappa shape index (κ3) is 5.21. The Kier molecular flexibility index (Phi) is 6.44. The van der Waals surface area contributed by atoms with Crippen molar-refractivity contribution < 1.29 is 23.1 Å². The van der Waals surface area contributed by atoms with E-state index in [0.717, 1.165) is 23.2 Å². The molecule has 1 aromatic heterocycles. The van der Waals surface area contributed by atoms with E-state index >= 15 is 0 Å². The maximum atomic E-state index is 13.0. The molecule has 2 N–H and O–H groups in total. The van der Waals surface area contributed by atoms with Gasteiger partial charge in [0.25, 0.3) is 0 Å². The molecule has 0 amide bonds. The van der Waals surface area contributed by atoms with E-state index < -0.39 is 23.8 Å². The zero-order chi connectivity index (χ0) is 23.6. The van der Waals surface area contributed by atoms with Crippen LogP contribution >= 0.6 is 11.6 Å². The van der Waals surface area contributed by atoms with Crippen molar-refractivity contribution in [3.05, 3.63) is 106 Å². The lowest BCUT2D eigenvalue weighted by Gasteiger charge is -2.15. The molecule has 0 aliphatic rings. The quantitative estimate of drug-likeness (QED) is 0.333. The second-order valence-electron chi connectivity index (χ2n) is 7.71. The molecule has 0 bridgehead atoms. The number of carboxylic acid groups (broad SMARTS) is 1. The SMILES string of the molecule is O=C(O)C(NCc1cccc(C(F)(F)F)c1)c1cn(Cc2ccccc2)c2ccc(Cl)cc12. The van der Waals surface area contributed by atoms with E-state index in [1.807, 2.05) is 41.0 Å². The Morgan fingerprint density at radius 1 is 1.00 bits per heavy atom. The number of fused-ring (bicyclic) bond motifs is 1. The smallest absolute Gasteiger partial charge is 0.416 e. The van der Waals surface area contributed by atoms with Gasteiger partial charge in [0.15, 0.2) is 0 Å². The number of nitrogens with one attached hydrogen (secondary N) is 1. The number of benzene rings is 3. The van der Waals surface area contributed by atoms with Crippen LogP contribution in [-0.2, 0) is 24.1 Å². The second kappa shape index (κ2) is 9.29. The zero-order valence-electron chi connectivity index (χ0n) is 17.3. The highest BCUT2D eigenvalue weighted by atomic mass is 35.5. The molecule has 0 aliphatic heterocycles. The largest absolute Gasteiger partial charge is 0.480 e. The summed E-state index contributed by atoms with van der Waals surface area (Å²) in [7, 11) is 0. The molecule has 0 saturated heterocycles. The summed E-state index contributed by atoms with van der Waals surface area (Å²) in [6, 6.07) is 18.7. The van der Waals surface area contributed by atoms with Crippen LogP contribution in [0.4, 0.5) is 13.2 Å². The van der Waals surface area contributed by atoms with Crippen molar-refractivity contribution in [2.75, 3.05) is 0 Å². The predicted octanol–water partition coefficient (Wildman–Crippen LogP) is 6.28. The van der Waals surface area contributed by atoms with Crippen LogP contribution in [0.25, 0.3) is 10.9 Å². The van der Waals surface area contributed by atoms with Gasteiger partial charge in [0, 0.05) is 40.8 Å². The van der Waals surface area contributed by atoms with Crippen LogP contribution in [0.15, 0.2) is 79.0 Å². The van der Waals surface area contributed by atoms with Gasteiger partial charge in [0.05, 0.1) is 5.56 Å². The first-order chi connectivity index (χ1) is 15.7. The van der Waals surface area contributed by atoms with E-state index in [0.29, 0.717) is 28.1 Å². The highest BCUT2D eigenvalue weighted by molar-refractivity contribution is 6.31. The van der Waals surface area contributed by atoms with Crippen molar-refractivity contribution in [3.63, 3.8) is 0 Å². The highest BCUT2D eigenvalue weighted by Gasteiger charge is 2.30. The fourth-order valence-electron chi connectivity index (χ4n) is 3.85. The summed E-state index contributed by atoms with van der Waals surface area (Å²) in [6.07, 6.45) is -2.71. The molecule has 4 nitrogen and oxygen atoms in total.